The normalized spacial score (nSPS) is 15.1. The maximum Gasteiger partial charge on any atom is 0.251 e. The van der Waals surface area contributed by atoms with Crippen molar-refractivity contribution in [1.29, 1.82) is 0 Å². The summed E-state index contributed by atoms with van der Waals surface area (Å²) >= 11 is 3.37. The van der Waals surface area contributed by atoms with Crippen molar-refractivity contribution in [3.63, 3.8) is 0 Å². The summed E-state index contributed by atoms with van der Waals surface area (Å²) in [6.07, 6.45) is 0. The third-order valence-electron chi connectivity index (χ3n) is 4.15. The van der Waals surface area contributed by atoms with Crippen molar-refractivity contribution in [1.82, 2.24) is 10.2 Å². The number of hydrogen-bond acceptors (Lipinski definition) is 3. The number of amides is 1. The molecule has 1 aliphatic heterocycles. The van der Waals surface area contributed by atoms with Crippen LogP contribution in [0, 0.1) is 5.82 Å². The number of benzene rings is 2. The highest BCUT2D eigenvalue weighted by Gasteiger charge is 2.12. The molecule has 0 radical (unpaired) electrons. The van der Waals surface area contributed by atoms with Crippen molar-refractivity contribution in [3.8, 4) is 0 Å². The van der Waals surface area contributed by atoms with Gasteiger partial charge in [-0.15, -0.1) is 0 Å². The van der Waals surface area contributed by atoms with Gasteiger partial charge in [0.05, 0.1) is 13.2 Å². The first-order valence-electron chi connectivity index (χ1n) is 8.23. The lowest BCUT2D eigenvalue weighted by molar-refractivity contribution is 0.0342. The average molecular weight is 407 g/mol. The number of nitrogens with one attached hydrogen (secondary N) is 1. The quantitative estimate of drug-likeness (QED) is 0.827. The monoisotopic (exact) mass is 406 g/mol. The predicted octanol–water partition coefficient (Wildman–Crippen LogP) is 3.35. The molecule has 1 amide bonds. The summed E-state index contributed by atoms with van der Waals surface area (Å²) in [7, 11) is 0. The summed E-state index contributed by atoms with van der Waals surface area (Å²) in [6.45, 7) is 4.39. The van der Waals surface area contributed by atoms with Gasteiger partial charge in [0, 0.05) is 36.2 Å². The number of carbonyl (C=O) groups is 1. The maximum atomic E-state index is 13.3. The number of halogens is 2. The second-order valence-corrected chi connectivity index (χ2v) is 6.86. The first kappa shape index (κ1) is 18.0. The van der Waals surface area contributed by atoms with Crippen LogP contribution in [0.3, 0.4) is 0 Å². The van der Waals surface area contributed by atoms with Crippen molar-refractivity contribution in [3.05, 3.63) is 69.4 Å². The summed E-state index contributed by atoms with van der Waals surface area (Å²) in [6, 6.07) is 12.0. The second-order valence-electron chi connectivity index (χ2n) is 6.01. The molecule has 1 fully saturated rings. The Kier molecular flexibility index (Phi) is 6.18. The summed E-state index contributed by atoms with van der Waals surface area (Å²) in [5, 5.41) is 2.84. The van der Waals surface area contributed by atoms with Gasteiger partial charge in [-0.3, -0.25) is 9.69 Å². The van der Waals surface area contributed by atoms with Gasteiger partial charge in [-0.1, -0.05) is 28.1 Å². The van der Waals surface area contributed by atoms with Crippen LogP contribution in [-0.4, -0.2) is 37.1 Å². The molecule has 2 aromatic carbocycles. The van der Waals surface area contributed by atoms with Crippen LogP contribution >= 0.6 is 15.9 Å². The molecule has 0 atom stereocenters. The van der Waals surface area contributed by atoms with E-state index in [0.29, 0.717) is 11.1 Å². The number of ether oxygens (including phenoxy) is 1. The molecule has 6 heteroatoms. The molecule has 1 heterocycles. The fourth-order valence-corrected chi connectivity index (χ4v) is 3.17. The summed E-state index contributed by atoms with van der Waals surface area (Å²) in [5.41, 5.74) is 2.41. The number of rotatable bonds is 5. The van der Waals surface area contributed by atoms with E-state index in [9.17, 15) is 9.18 Å². The van der Waals surface area contributed by atoms with Gasteiger partial charge in [-0.2, -0.15) is 0 Å². The molecule has 1 aliphatic rings. The number of hydrogen-bond donors (Lipinski definition) is 1. The molecule has 0 spiro atoms. The topological polar surface area (TPSA) is 41.6 Å². The van der Waals surface area contributed by atoms with Gasteiger partial charge in [0.1, 0.15) is 5.82 Å². The fraction of sp³-hybridized carbons (Fsp3) is 0.316. The first-order chi connectivity index (χ1) is 12.1. The van der Waals surface area contributed by atoms with E-state index in [4.69, 9.17) is 4.74 Å². The fourth-order valence-electron chi connectivity index (χ4n) is 2.78. The minimum Gasteiger partial charge on any atom is -0.379 e. The van der Waals surface area contributed by atoms with Crippen LogP contribution < -0.4 is 5.32 Å². The van der Waals surface area contributed by atoms with E-state index in [2.05, 4.69) is 26.1 Å². The number of nitrogens with zero attached hydrogens (tertiary/aromatic N) is 1. The van der Waals surface area contributed by atoms with Gasteiger partial charge < -0.3 is 10.1 Å². The van der Waals surface area contributed by atoms with Crippen LogP contribution in [0.2, 0.25) is 0 Å². The molecule has 4 nitrogen and oxygen atoms in total. The third-order valence-corrected chi connectivity index (χ3v) is 4.92. The van der Waals surface area contributed by atoms with E-state index in [1.54, 1.807) is 12.1 Å². The van der Waals surface area contributed by atoms with Crippen molar-refractivity contribution in [2.24, 2.45) is 0 Å². The molecule has 0 saturated carbocycles. The standard InChI is InChI=1S/C19H20BrFN2O2/c20-18-5-4-17(21)11-16(18)12-22-19(24)15-3-1-2-14(10-15)13-23-6-8-25-9-7-23/h1-5,10-11H,6-9,12-13H2,(H,22,24). The Bertz CT molecular complexity index is 748. The van der Waals surface area contributed by atoms with E-state index >= 15 is 0 Å². The van der Waals surface area contributed by atoms with Crippen LogP contribution in [-0.2, 0) is 17.8 Å². The van der Waals surface area contributed by atoms with E-state index < -0.39 is 0 Å². The maximum absolute atomic E-state index is 13.3. The van der Waals surface area contributed by atoms with Gasteiger partial charge in [0.15, 0.2) is 0 Å². The zero-order valence-corrected chi connectivity index (χ0v) is 15.4. The Morgan fingerprint density at radius 3 is 2.80 bits per heavy atom. The lowest BCUT2D eigenvalue weighted by Gasteiger charge is -2.26. The minimum absolute atomic E-state index is 0.167. The predicted molar refractivity (Wildman–Crippen MR) is 97.8 cm³/mol. The van der Waals surface area contributed by atoms with Crippen molar-refractivity contribution >= 4 is 21.8 Å². The average Bonchev–Trinajstić information content (AvgIpc) is 2.63. The molecule has 0 aromatic heterocycles. The number of carbonyl (C=O) groups excluding carboxylic acids is 1. The molecule has 0 unspecified atom stereocenters. The SMILES string of the molecule is O=C(NCc1cc(F)ccc1Br)c1cccc(CN2CCOCC2)c1. The summed E-state index contributed by atoms with van der Waals surface area (Å²) in [4.78, 5) is 14.7. The highest BCUT2D eigenvalue weighted by molar-refractivity contribution is 9.10. The van der Waals surface area contributed by atoms with Crippen molar-refractivity contribution in [2.45, 2.75) is 13.1 Å². The lowest BCUT2D eigenvalue weighted by atomic mass is 10.1. The van der Waals surface area contributed by atoms with Crippen LogP contribution in [0.15, 0.2) is 46.9 Å². The zero-order chi connectivity index (χ0) is 17.6. The smallest absolute Gasteiger partial charge is 0.251 e. The van der Waals surface area contributed by atoms with E-state index in [0.717, 1.165) is 42.9 Å². The first-order valence-corrected chi connectivity index (χ1v) is 9.02. The van der Waals surface area contributed by atoms with Crippen LogP contribution in [0.25, 0.3) is 0 Å². The van der Waals surface area contributed by atoms with Gasteiger partial charge in [0.2, 0.25) is 0 Å². The van der Waals surface area contributed by atoms with E-state index in [1.807, 2.05) is 18.2 Å². The van der Waals surface area contributed by atoms with Gasteiger partial charge >= 0.3 is 0 Å². The van der Waals surface area contributed by atoms with Gasteiger partial charge in [-0.05, 0) is 41.5 Å². The lowest BCUT2D eigenvalue weighted by Crippen LogP contribution is -2.35. The molecule has 0 bridgehead atoms. The van der Waals surface area contributed by atoms with Gasteiger partial charge in [0.25, 0.3) is 5.91 Å². The Balaban J connectivity index is 1.61. The molecule has 0 aliphatic carbocycles. The zero-order valence-electron chi connectivity index (χ0n) is 13.8. The Morgan fingerprint density at radius 1 is 1.20 bits per heavy atom. The molecule has 2 aromatic rings. The molecule has 1 saturated heterocycles. The Labute approximate surface area is 155 Å². The summed E-state index contributed by atoms with van der Waals surface area (Å²) < 4.78 is 19.5. The Morgan fingerprint density at radius 2 is 2.00 bits per heavy atom. The van der Waals surface area contributed by atoms with Gasteiger partial charge in [-0.25, -0.2) is 4.39 Å². The highest BCUT2D eigenvalue weighted by atomic mass is 79.9. The summed E-state index contributed by atoms with van der Waals surface area (Å²) in [5.74, 6) is -0.486. The van der Waals surface area contributed by atoms with Crippen molar-refractivity contribution < 1.29 is 13.9 Å². The number of morpholine rings is 1. The van der Waals surface area contributed by atoms with E-state index in [-0.39, 0.29) is 18.3 Å². The largest absolute Gasteiger partial charge is 0.379 e. The molecule has 3 rings (SSSR count). The Hall–Kier alpha value is -1.76. The van der Waals surface area contributed by atoms with Crippen LogP contribution in [0.4, 0.5) is 4.39 Å². The van der Waals surface area contributed by atoms with Crippen LogP contribution in [0.5, 0.6) is 0 Å². The minimum atomic E-state index is -0.319. The molecular weight excluding hydrogens is 387 g/mol. The second kappa shape index (κ2) is 8.56. The van der Waals surface area contributed by atoms with E-state index in [1.165, 1.54) is 12.1 Å². The molecular formula is C19H20BrFN2O2. The third kappa shape index (κ3) is 5.11. The van der Waals surface area contributed by atoms with Crippen LogP contribution in [0.1, 0.15) is 21.5 Å². The van der Waals surface area contributed by atoms with Crippen molar-refractivity contribution in [2.75, 3.05) is 26.3 Å². The molecule has 132 valence electrons. The molecule has 25 heavy (non-hydrogen) atoms. The highest BCUT2D eigenvalue weighted by Crippen LogP contribution is 2.18. The molecule has 1 N–H and O–H groups in total.